The lowest BCUT2D eigenvalue weighted by Crippen LogP contribution is -2.15. The number of pyridine rings is 1. The maximum absolute atomic E-state index is 5.58. The predicted molar refractivity (Wildman–Crippen MR) is 78.2 cm³/mol. The second-order valence-corrected chi connectivity index (χ2v) is 6.12. The molecule has 0 atom stereocenters. The summed E-state index contributed by atoms with van der Waals surface area (Å²) in [5.41, 5.74) is 1.14. The van der Waals surface area contributed by atoms with Gasteiger partial charge in [0, 0.05) is 11.1 Å². The molecule has 1 aliphatic heterocycles. The quantitative estimate of drug-likeness (QED) is 0.826. The molecule has 0 saturated heterocycles. The lowest BCUT2D eigenvalue weighted by Gasteiger charge is -2.18. The van der Waals surface area contributed by atoms with Crippen LogP contribution in [0.1, 0.15) is 5.56 Å². The molecular formula is C14H12BrNO2S. The van der Waals surface area contributed by atoms with Crippen LogP contribution in [0.2, 0.25) is 0 Å². The van der Waals surface area contributed by atoms with Gasteiger partial charge in [-0.3, -0.25) is 0 Å². The molecular weight excluding hydrogens is 326 g/mol. The largest absolute Gasteiger partial charge is 0.486 e. The van der Waals surface area contributed by atoms with E-state index in [2.05, 4.69) is 27.0 Å². The van der Waals surface area contributed by atoms with Crippen LogP contribution < -0.4 is 9.47 Å². The summed E-state index contributed by atoms with van der Waals surface area (Å²) in [6, 6.07) is 8.02. The highest BCUT2D eigenvalue weighted by atomic mass is 79.9. The van der Waals surface area contributed by atoms with E-state index in [4.69, 9.17) is 9.47 Å². The minimum Gasteiger partial charge on any atom is -0.486 e. The van der Waals surface area contributed by atoms with Crippen molar-refractivity contribution in [1.82, 2.24) is 4.98 Å². The number of fused-ring (bicyclic) bond motifs is 1. The van der Waals surface area contributed by atoms with Gasteiger partial charge in [-0.2, -0.15) is 0 Å². The average molecular weight is 338 g/mol. The minimum atomic E-state index is 0.605. The zero-order valence-corrected chi connectivity index (χ0v) is 12.8. The zero-order chi connectivity index (χ0) is 13.2. The van der Waals surface area contributed by atoms with E-state index in [0.29, 0.717) is 13.2 Å². The first-order chi connectivity index (χ1) is 9.22. The van der Waals surface area contributed by atoms with Gasteiger partial charge in [0.1, 0.15) is 18.2 Å². The summed E-state index contributed by atoms with van der Waals surface area (Å²) < 4.78 is 12.1. The number of ether oxygens (including phenoxy) is 2. The van der Waals surface area contributed by atoms with E-state index >= 15 is 0 Å². The van der Waals surface area contributed by atoms with Crippen molar-refractivity contribution >= 4 is 27.7 Å². The Morgan fingerprint density at radius 3 is 2.74 bits per heavy atom. The van der Waals surface area contributed by atoms with Gasteiger partial charge in [0.15, 0.2) is 11.5 Å². The molecule has 3 rings (SSSR count). The minimum absolute atomic E-state index is 0.605. The molecule has 1 aromatic carbocycles. The van der Waals surface area contributed by atoms with Gasteiger partial charge < -0.3 is 9.47 Å². The fourth-order valence-electron chi connectivity index (χ4n) is 1.79. The molecule has 1 aliphatic rings. The Labute approximate surface area is 124 Å². The zero-order valence-electron chi connectivity index (χ0n) is 10.4. The van der Waals surface area contributed by atoms with Crippen molar-refractivity contribution in [2.24, 2.45) is 0 Å². The predicted octanol–water partition coefficient (Wildman–Crippen LogP) is 4.07. The first kappa shape index (κ1) is 12.8. The van der Waals surface area contributed by atoms with Crippen LogP contribution in [0, 0.1) is 6.92 Å². The summed E-state index contributed by atoms with van der Waals surface area (Å²) in [5, 5.41) is 0.947. The molecule has 2 heterocycles. The number of aryl methyl sites for hydroxylation is 1. The van der Waals surface area contributed by atoms with E-state index in [1.54, 1.807) is 11.8 Å². The SMILES string of the molecule is Cc1cnc(Sc2ccc3c(c2)OCCO3)c(Br)c1. The number of aromatic nitrogens is 1. The van der Waals surface area contributed by atoms with Gasteiger partial charge in [0.2, 0.25) is 0 Å². The molecule has 0 bridgehead atoms. The highest BCUT2D eigenvalue weighted by Gasteiger charge is 2.13. The van der Waals surface area contributed by atoms with Crippen molar-refractivity contribution in [3.8, 4) is 11.5 Å². The van der Waals surface area contributed by atoms with Crippen molar-refractivity contribution in [2.45, 2.75) is 16.8 Å². The lowest BCUT2D eigenvalue weighted by molar-refractivity contribution is 0.171. The Morgan fingerprint density at radius 1 is 1.16 bits per heavy atom. The Balaban J connectivity index is 1.87. The molecule has 1 aromatic heterocycles. The van der Waals surface area contributed by atoms with E-state index < -0.39 is 0 Å². The summed E-state index contributed by atoms with van der Waals surface area (Å²) in [6.45, 7) is 3.24. The first-order valence-electron chi connectivity index (χ1n) is 5.92. The summed E-state index contributed by atoms with van der Waals surface area (Å²) in [5.74, 6) is 1.62. The Bertz CT molecular complexity index is 618. The molecule has 19 heavy (non-hydrogen) atoms. The topological polar surface area (TPSA) is 31.4 Å². The van der Waals surface area contributed by atoms with Gasteiger partial charge in [0.05, 0.1) is 4.47 Å². The third-order valence-electron chi connectivity index (χ3n) is 2.67. The van der Waals surface area contributed by atoms with Crippen LogP contribution in [-0.2, 0) is 0 Å². The molecule has 3 nitrogen and oxygen atoms in total. The number of rotatable bonds is 2. The molecule has 0 saturated carbocycles. The van der Waals surface area contributed by atoms with Gasteiger partial charge in [-0.1, -0.05) is 11.8 Å². The normalized spacial score (nSPS) is 13.4. The highest BCUT2D eigenvalue weighted by molar-refractivity contribution is 9.10. The molecule has 2 aromatic rings. The van der Waals surface area contributed by atoms with Gasteiger partial charge in [-0.15, -0.1) is 0 Å². The van der Waals surface area contributed by atoms with Crippen LogP contribution in [0.4, 0.5) is 0 Å². The van der Waals surface area contributed by atoms with Crippen molar-refractivity contribution in [3.05, 3.63) is 40.5 Å². The van der Waals surface area contributed by atoms with Crippen LogP contribution in [0.3, 0.4) is 0 Å². The lowest BCUT2D eigenvalue weighted by atomic mass is 10.3. The van der Waals surface area contributed by atoms with E-state index in [1.807, 2.05) is 31.3 Å². The smallest absolute Gasteiger partial charge is 0.162 e. The van der Waals surface area contributed by atoms with Crippen molar-refractivity contribution in [3.63, 3.8) is 0 Å². The van der Waals surface area contributed by atoms with Crippen molar-refractivity contribution in [1.29, 1.82) is 0 Å². The second kappa shape index (κ2) is 5.43. The van der Waals surface area contributed by atoms with Crippen molar-refractivity contribution < 1.29 is 9.47 Å². The second-order valence-electron chi connectivity index (χ2n) is 4.21. The summed E-state index contributed by atoms with van der Waals surface area (Å²) in [4.78, 5) is 5.51. The van der Waals surface area contributed by atoms with Gasteiger partial charge in [-0.25, -0.2) is 4.98 Å². The van der Waals surface area contributed by atoms with Gasteiger partial charge >= 0.3 is 0 Å². The highest BCUT2D eigenvalue weighted by Crippen LogP contribution is 2.38. The van der Waals surface area contributed by atoms with Crippen LogP contribution in [-0.4, -0.2) is 18.2 Å². The fourth-order valence-corrected chi connectivity index (χ4v) is 3.29. The molecule has 98 valence electrons. The molecule has 5 heteroatoms. The Kier molecular flexibility index (Phi) is 3.66. The molecule has 0 fully saturated rings. The first-order valence-corrected chi connectivity index (χ1v) is 7.53. The van der Waals surface area contributed by atoms with E-state index in [1.165, 1.54) is 0 Å². The molecule has 0 amide bonds. The maximum atomic E-state index is 5.58. The molecule has 0 aliphatic carbocycles. The van der Waals surface area contributed by atoms with Crippen LogP contribution in [0.25, 0.3) is 0 Å². The fraction of sp³-hybridized carbons (Fsp3) is 0.214. The summed E-state index contributed by atoms with van der Waals surface area (Å²) >= 11 is 5.14. The molecule has 0 radical (unpaired) electrons. The van der Waals surface area contributed by atoms with Crippen molar-refractivity contribution in [2.75, 3.05) is 13.2 Å². The Morgan fingerprint density at radius 2 is 1.95 bits per heavy atom. The number of halogens is 1. The van der Waals surface area contributed by atoms with E-state index in [-0.39, 0.29) is 0 Å². The van der Waals surface area contributed by atoms with Crippen LogP contribution >= 0.6 is 27.7 Å². The number of benzene rings is 1. The number of hydrogen-bond donors (Lipinski definition) is 0. The van der Waals surface area contributed by atoms with E-state index in [9.17, 15) is 0 Å². The summed E-state index contributed by atoms with van der Waals surface area (Å²) in [7, 11) is 0. The number of nitrogens with zero attached hydrogens (tertiary/aromatic N) is 1. The molecule has 0 spiro atoms. The van der Waals surface area contributed by atoms with Crippen LogP contribution in [0.5, 0.6) is 11.5 Å². The van der Waals surface area contributed by atoms with Gasteiger partial charge in [0.25, 0.3) is 0 Å². The monoisotopic (exact) mass is 337 g/mol. The van der Waals surface area contributed by atoms with E-state index in [0.717, 1.165) is 31.5 Å². The number of hydrogen-bond acceptors (Lipinski definition) is 4. The average Bonchev–Trinajstić information content (AvgIpc) is 2.42. The Hall–Kier alpha value is -1.20. The standard InChI is InChI=1S/C14H12BrNO2S/c1-9-6-11(15)14(16-8-9)19-10-2-3-12-13(7-10)18-5-4-17-12/h2-3,6-8H,4-5H2,1H3. The third kappa shape index (κ3) is 2.87. The van der Waals surface area contributed by atoms with Gasteiger partial charge in [-0.05, 0) is 52.7 Å². The maximum Gasteiger partial charge on any atom is 0.162 e. The third-order valence-corrected chi connectivity index (χ3v) is 4.55. The van der Waals surface area contributed by atoms with Crippen LogP contribution in [0.15, 0.2) is 44.9 Å². The molecule has 0 N–H and O–H groups in total. The summed E-state index contributed by atoms with van der Waals surface area (Å²) in [6.07, 6.45) is 1.87. The molecule has 0 unspecified atom stereocenters.